The Kier molecular flexibility index (Phi) is 2.59. The van der Waals surface area contributed by atoms with Gasteiger partial charge in [0.25, 0.3) is 0 Å². The summed E-state index contributed by atoms with van der Waals surface area (Å²) >= 11 is 5.84. The quantitative estimate of drug-likeness (QED) is 0.809. The average Bonchev–Trinajstić information content (AvgIpc) is 2.52. The molecule has 0 unspecified atom stereocenters. The van der Waals surface area contributed by atoms with E-state index < -0.39 is 11.8 Å². The molecule has 1 atom stereocenters. The van der Waals surface area contributed by atoms with Crippen LogP contribution in [0.3, 0.4) is 0 Å². The summed E-state index contributed by atoms with van der Waals surface area (Å²) in [6.45, 7) is 3.08. The number of carbonyl (C=O) groups excluding carboxylic acids is 1. The zero-order valence-electron chi connectivity index (χ0n) is 8.86. The number of ketones is 1. The number of oxazole rings is 1. The zero-order chi connectivity index (χ0) is 11.9. The van der Waals surface area contributed by atoms with Crippen LogP contribution < -0.4 is 5.76 Å². The van der Waals surface area contributed by atoms with Crippen LogP contribution in [0.2, 0.25) is 5.02 Å². The summed E-state index contributed by atoms with van der Waals surface area (Å²) in [6, 6.07) is 4.31. The van der Waals surface area contributed by atoms with E-state index in [1.807, 2.05) is 0 Å². The van der Waals surface area contributed by atoms with Crippen molar-refractivity contribution in [3.05, 3.63) is 33.8 Å². The molecule has 2 rings (SSSR count). The molecule has 2 aromatic rings. The van der Waals surface area contributed by atoms with Crippen molar-refractivity contribution in [2.45, 2.75) is 19.9 Å². The minimum absolute atomic E-state index is 0.107. The van der Waals surface area contributed by atoms with E-state index in [0.717, 1.165) is 0 Å². The van der Waals surface area contributed by atoms with E-state index in [0.29, 0.717) is 16.1 Å². The van der Waals surface area contributed by atoms with Gasteiger partial charge in [-0.15, -0.1) is 0 Å². The summed E-state index contributed by atoms with van der Waals surface area (Å²) in [6.07, 6.45) is 0. The number of aromatic nitrogens is 1. The van der Waals surface area contributed by atoms with Crippen LogP contribution in [0, 0.1) is 0 Å². The number of Topliss-reactive ketones (excluding diaryl/α,β-unsaturated/α-hetero) is 1. The highest BCUT2D eigenvalue weighted by molar-refractivity contribution is 6.31. The van der Waals surface area contributed by atoms with Gasteiger partial charge in [-0.2, -0.15) is 0 Å². The first-order valence-corrected chi connectivity index (χ1v) is 5.19. The first kappa shape index (κ1) is 11.0. The van der Waals surface area contributed by atoms with E-state index in [2.05, 4.69) is 0 Å². The van der Waals surface area contributed by atoms with Crippen molar-refractivity contribution in [2.75, 3.05) is 0 Å². The third kappa shape index (κ3) is 1.65. The molecule has 0 radical (unpaired) electrons. The molecule has 0 aliphatic carbocycles. The van der Waals surface area contributed by atoms with E-state index in [9.17, 15) is 9.59 Å². The summed E-state index contributed by atoms with van der Waals surface area (Å²) in [4.78, 5) is 22.9. The maximum Gasteiger partial charge on any atom is 0.420 e. The molecule has 0 bridgehead atoms. The van der Waals surface area contributed by atoms with Crippen molar-refractivity contribution in [2.24, 2.45) is 0 Å². The lowest BCUT2D eigenvalue weighted by Gasteiger charge is -2.07. The Balaban J connectivity index is 2.77. The van der Waals surface area contributed by atoms with Crippen molar-refractivity contribution in [1.82, 2.24) is 4.57 Å². The second-order valence-electron chi connectivity index (χ2n) is 3.64. The average molecular weight is 240 g/mol. The van der Waals surface area contributed by atoms with Crippen LogP contribution in [-0.4, -0.2) is 10.4 Å². The number of halogens is 1. The van der Waals surface area contributed by atoms with Crippen LogP contribution >= 0.6 is 11.6 Å². The first-order chi connectivity index (χ1) is 7.50. The topological polar surface area (TPSA) is 52.2 Å². The van der Waals surface area contributed by atoms with Crippen LogP contribution in [0.5, 0.6) is 0 Å². The fourth-order valence-electron chi connectivity index (χ4n) is 1.56. The molecule has 0 aliphatic heterocycles. The van der Waals surface area contributed by atoms with Crippen molar-refractivity contribution < 1.29 is 9.21 Å². The Morgan fingerprint density at radius 3 is 2.81 bits per heavy atom. The van der Waals surface area contributed by atoms with Gasteiger partial charge in [0.05, 0.1) is 11.6 Å². The second-order valence-corrected chi connectivity index (χ2v) is 4.07. The first-order valence-electron chi connectivity index (χ1n) is 4.81. The summed E-state index contributed by atoms with van der Waals surface area (Å²) in [5, 5.41) is 0.498. The molecule has 1 aromatic heterocycles. The lowest BCUT2D eigenvalue weighted by Crippen LogP contribution is -2.23. The van der Waals surface area contributed by atoms with Crippen LogP contribution in [0.4, 0.5) is 0 Å². The van der Waals surface area contributed by atoms with Crippen LogP contribution in [0.25, 0.3) is 11.1 Å². The van der Waals surface area contributed by atoms with Gasteiger partial charge < -0.3 is 4.42 Å². The SMILES string of the molecule is CC(=O)[C@H](C)n1c(=O)oc2ccc(Cl)cc21. The normalized spacial score (nSPS) is 12.9. The highest BCUT2D eigenvalue weighted by Crippen LogP contribution is 2.21. The fraction of sp³-hybridized carbons (Fsp3) is 0.273. The predicted molar refractivity (Wildman–Crippen MR) is 60.9 cm³/mol. The number of hydrogen-bond acceptors (Lipinski definition) is 3. The summed E-state index contributed by atoms with van der Waals surface area (Å²) < 4.78 is 6.33. The number of rotatable bonds is 2. The lowest BCUT2D eigenvalue weighted by atomic mass is 10.2. The minimum atomic E-state index is -0.549. The van der Waals surface area contributed by atoms with Crippen molar-refractivity contribution in [3.8, 4) is 0 Å². The Labute approximate surface area is 96.4 Å². The fourth-order valence-corrected chi connectivity index (χ4v) is 1.72. The molecular formula is C11H10ClNO3. The van der Waals surface area contributed by atoms with Crippen molar-refractivity contribution in [1.29, 1.82) is 0 Å². The highest BCUT2D eigenvalue weighted by Gasteiger charge is 2.18. The number of fused-ring (bicyclic) bond motifs is 1. The third-order valence-electron chi connectivity index (χ3n) is 2.55. The monoisotopic (exact) mass is 239 g/mol. The molecule has 4 nitrogen and oxygen atoms in total. The van der Waals surface area contributed by atoms with Crippen LogP contribution in [0.15, 0.2) is 27.4 Å². The molecule has 0 N–H and O–H groups in total. The molecule has 1 heterocycles. The Morgan fingerprint density at radius 1 is 1.50 bits per heavy atom. The Morgan fingerprint density at radius 2 is 2.19 bits per heavy atom. The van der Waals surface area contributed by atoms with Gasteiger partial charge in [-0.25, -0.2) is 4.79 Å². The molecule has 84 valence electrons. The standard InChI is InChI=1S/C11H10ClNO3/c1-6(7(2)14)13-9-5-8(12)3-4-10(9)16-11(13)15/h3-6H,1-2H3/t6-/m0/s1. The van der Waals surface area contributed by atoms with E-state index in [1.165, 1.54) is 11.5 Å². The van der Waals surface area contributed by atoms with E-state index in [1.54, 1.807) is 25.1 Å². The van der Waals surface area contributed by atoms with Crippen molar-refractivity contribution in [3.63, 3.8) is 0 Å². The Hall–Kier alpha value is -1.55. The highest BCUT2D eigenvalue weighted by atomic mass is 35.5. The molecule has 1 aromatic carbocycles. The van der Waals surface area contributed by atoms with E-state index in [-0.39, 0.29) is 5.78 Å². The maximum absolute atomic E-state index is 11.6. The number of nitrogens with zero attached hydrogens (tertiary/aromatic N) is 1. The number of hydrogen-bond donors (Lipinski definition) is 0. The van der Waals surface area contributed by atoms with Gasteiger partial charge in [0, 0.05) is 5.02 Å². The second kappa shape index (κ2) is 3.79. The summed E-state index contributed by atoms with van der Waals surface area (Å²) in [5.74, 6) is -0.648. The lowest BCUT2D eigenvalue weighted by molar-refractivity contribution is -0.119. The van der Waals surface area contributed by atoms with E-state index in [4.69, 9.17) is 16.0 Å². The maximum atomic E-state index is 11.6. The Bertz CT molecular complexity index is 611. The van der Waals surface area contributed by atoms with Gasteiger partial charge in [-0.05, 0) is 32.0 Å². The zero-order valence-corrected chi connectivity index (χ0v) is 9.62. The minimum Gasteiger partial charge on any atom is -0.408 e. The largest absolute Gasteiger partial charge is 0.420 e. The predicted octanol–water partition coefficient (Wildman–Crippen LogP) is 2.40. The third-order valence-corrected chi connectivity index (χ3v) is 2.79. The van der Waals surface area contributed by atoms with Gasteiger partial charge in [0.15, 0.2) is 11.4 Å². The molecule has 5 heteroatoms. The van der Waals surface area contributed by atoms with Gasteiger partial charge in [0.2, 0.25) is 0 Å². The van der Waals surface area contributed by atoms with Crippen LogP contribution in [0.1, 0.15) is 19.9 Å². The summed E-state index contributed by atoms with van der Waals surface area (Å²) in [7, 11) is 0. The number of benzene rings is 1. The summed E-state index contributed by atoms with van der Waals surface area (Å²) in [5.41, 5.74) is 0.975. The smallest absolute Gasteiger partial charge is 0.408 e. The molecule has 0 saturated heterocycles. The van der Waals surface area contributed by atoms with Gasteiger partial charge >= 0.3 is 5.76 Å². The van der Waals surface area contributed by atoms with Crippen LogP contribution in [-0.2, 0) is 4.79 Å². The van der Waals surface area contributed by atoms with Gasteiger partial charge in [-0.1, -0.05) is 11.6 Å². The molecule has 0 saturated carbocycles. The number of carbonyl (C=O) groups is 1. The molecule has 0 aliphatic rings. The molecule has 0 spiro atoms. The molecular weight excluding hydrogens is 230 g/mol. The molecule has 0 amide bonds. The molecule has 16 heavy (non-hydrogen) atoms. The van der Waals surface area contributed by atoms with Gasteiger partial charge in [0.1, 0.15) is 0 Å². The molecule has 0 fully saturated rings. The van der Waals surface area contributed by atoms with Crippen molar-refractivity contribution >= 4 is 28.5 Å². The van der Waals surface area contributed by atoms with E-state index >= 15 is 0 Å². The van der Waals surface area contributed by atoms with Gasteiger partial charge in [-0.3, -0.25) is 9.36 Å².